The van der Waals surface area contributed by atoms with Gasteiger partial charge in [0.2, 0.25) is 23.6 Å². The Hall–Kier alpha value is -7.51. The molecule has 6 heterocycles. The minimum absolute atomic E-state index is 0.0556. The summed E-state index contributed by atoms with van der Waals surface area (Å²) >= 11 is 0. The molecule has 1 saturated carbocycles. The number of ether oxygens (including phenoxy) is 2. The van der Waals surface area contributed by atoms with E-state index in [1.807, 2.05) is 6.07 Å². The fourth-order valence-electron chi connectivity index (χ4n) is 10.5. The molecular formula is C53H57FN10O8. The molecule has 2 aromatic heterocycles. The number of nitrogens with one attached hydrogen (secondary N) is 4. The van der Waals surface area contributed by atoms with E-state index in [4.69, 9.17) is 14.5 Å². The summed E-state index contributed by atoms with van der Waals surface area (Å²) in [5.74, 6) is -0.725. The van der Waals surface area contributed by atoms with Gasteiger partial charge in [-0.05, 0) is 125 Å². The van der Waals surface area contributed by atoms with Gasteiger partial charge in [0.25, 0.3) is 11.8 Å². The number of imide groups is 2. The van der Waals surface area contributed by atoms with Gasteiger partial charge in [-0.3, -0.25) is 53.8 Å². The largest absolute Gasteiger partial charge is 0.495 e. The SMILES string of the molecule is COc1cc2c(Oc3ccc(NC(=O)C4(C(=O)Nc5ccc(F)cc5)CC4)cc3)ccnc2cc1N1CCC(CN2C[C@H](C)N(CCNc3nccc4c3C(=O)N(C3CCC(=O)NC3=O)C4=O)C[C@@H]2C)CC1. The number of benzene rings is 3. The van der Waals surface area contributed by atoms with Crippen molar-refractivity contribution in [2.75, 3.05) is 73.8 Å². The van der Waals surface area contributed by atoms with Crippen molar-refractivity contribution >= 4 is 69.2 Å². The van der Waals surface area contributed by atoms with E-state index in [0.717, 1.165) is 72.8 Å². The van der Waals surface area contributed by atoms with Crippen molar-refractivity contribution in [3.63, 3.8) is 0 Å². The van der Waals surface area contributed by atoms with E-state index in [2.05, 4.69) is 60.9 Å². The maximum Gasteiger partial charge on any atom is 0.266 e. The molecule has 3 aromatic carbocycles. The number of rotatable bonds is 15. The second-order valence-corrected chi connectivity index (χ2v) is 19.5. The first-order chi connectivity index (χ1) is 34.8. The quantitative estimate of drug-likeness (QED) is 0.0696. The summed E-state index contributed by atoms with van der Waals surface area (Å²) in [4.78, 5) is 94.9. The van der Waals surface area contributed by atoms with E-state index in [1.165, 1.54) is 36.5 Å². The zero-order valence-corrected chi connectivity index (χ0v) is 40.4. The molecule has 3 saturated heterocycles. The number of carbonyl (C=O) groups excluding carboxylic acids is 6. The van der Waals surface area contributed by atoms with E-state index in [1.54, 1.807) is 43.6 Å². The highest BCUT2D eigenvalue weighted by atomic mass is 19.1. The molecule has 1 aliphatic carbocycles. The van der Waals surface area contributed by atoms with E-state index < -0.39 is 52.7 Å². The number of methoxy groups -OCH3 is 1. The first-order valence-electron chi connectivity index (χ1n) is 24.6. The van der Waals surface area contributed by atoms with Gasteiger partial charge in [-0.15, -0.1) is 0 Å². The Bertz CT molecular complexity index is 2940. The number of nitrogens with zero attached hydrogens (tertiary/aromatic N) is 6. The molecule has 0 spiro atoms. The normalized spacial score (nSPS) is 21.3. The van der Waals surface area contributed by atoms with E-state index >= 15 is 0 Å². The number of fused-ring (bicyclic) bond motifs is 2. The molecule has 6 amide bonds. The monoisotopic (exact) mass is 980 g/mol. The van der Waals surface area contributed by atoms with Crippen LogP contribution in [0.2, 0.25) is 0 Å². The van der Waals surface area contributed by atoms with Crippen molar-refractivity contribution in [3.05, 3.63) is 102 Å². The fraction of sp³-hybridized carbons (Fsp3) is 0.396. The Balaban J connectivity index is 0.701. The first kappa shape index (κ1) is 48.1. The van der Waals surface area contributed by atoms with Gasteiger partial charge in [0.05, 0.1) is 29.4 Å². The Labute approximate surface area is 415 Å². The lowest BCUT2D eigenvalue weighted by Gasteiger charge is -2.46. The number of amides is 6. The lowest BCUT2D eigenvalue weighted by molar-refractivity contribution is -0.136. The van der Waals surface area contributed by atoms with Crippen LogP contribution >= 0.6 is 0 Å². The van der Waals surface area contributed by atoms with Gasteiger partial charge in [0.1, 0.15) is 40.3 Å². The number of piperazine rings is 1. The van der Waals surface area contributed by atoms with Crippen molar-refractivity contribution in [2.24, 2.45) is 11.3 Å². The number of anilines is 4. The maximum absolute atomic E-state index is 13.5. The second kappa shape index (κ2) is 19.9. The van der Waals surface area contributed by atoms with Crippen molar-refractivity contribution < 1.29 is 42.6 Å². The number of aromatic nitrogens is 2. The molecular weight excluding hydrogens is 924 g/mol. The van der Waals surface area contributed by atoms with E-state index in [-0.39, 0.29) is 30.0 Å². The maximum atomic E-state index is 13.5. The predicted octanol–water partition coefficient (Wildman–Crippen LogP) is 6.05. The molecule has 5 aliphatic rings. The van der Waals surface area contributed by atoms with Gasteiger partial charge in [-0.2, -0.15) is 0 Å². The molecule has 19 heteroatoms. The van der Waals surface area contributed by atoms with Gasteiger partial charge >= 0.3 is 0 Å². The van der Waals surface area contributed by atoms with Crippen LogP contribution in [0.5, 0.6) is 17.2 Å². The lowest BCUT2D eigenvalue weighted by atomic mass is 9.94. The Morgan fingerprint density at radius 3 is 2.15 bits per heavy atom. The molecule has 4 aliphatic heterocycles. The van der Waals surface area contributed by atoms with Crippen molar-refractivity contribution in [1.82, 2.24) is 30.0 Å². The average molecular weight is 981 g/mol. The molecule has 72 heavy (non-hydrogen) atoms. The predicted molar refractivity (Wildman–Crippen MR) is 267 cm³/mol. The van der Waals surface area contributed by atoms with Crippen LogP contribution in [0.3, 0.4) is 0 Å². The van der Waals surface area contributed by atoms with Crippen LogP contribution in [0.25, 0.3) is 10.9 Å². The smallest absolute Gasteiger partial charge is 0.266 e. The summed E-state index contributed by atoms with van der Waals surface area (Å²) in [6.45, 7) is 10.3. The van der Waals surface area contributed by atoms with Gasteiger partial charge in [0.15, 0.2) is 0 Å². The fourth-order valence-corrected chi connectivity index (χ4v) is 10.5. The topological polar surface area (TPSA) is 208 Å². The minimum atomic E-state index is -1.18. The highest BCUT2D eigenvalue weighted by molar-refractivity contribution is 6.25. The molecule has 18 nitrogen and oxygen atoms in total. The Morgan fingerprint density at radius 2 is 1.47 bits per heavy atom. The van der Waals surface area contributed by atoms with Crippen LogP contribution in [0.15, 0.2) is 85.2 Å². The van der Waals surface area contributed by atoms with Crippen LogP contribution in [0.4, 0.5) is 27.3 Å². The van der Waals surface area contributed by atoms with Crippen LogP contribution in [-0.2, 0) is 19.2 Å². The summed E-state index contributed by atoms with van der Waals surface area (Å²) < 4.78 is 25.7. The third-order valence-electron chi connectivity index (χ3n) is 14.8. The molecule has 3 atom stereocenters. The lowest BCUT2D eigenvalue weighted by Crippen LogP contribution is -2.58. The number of piperidine rings is 2. The summed E-state index contributed by atoms with van der Waals surface area (Å²) in [5.41, 5.74) is 1.87. The summed E-state index contributed by atoms with van der Waals surface area (Å²) in [5, 5.41) is 11.9. The average Bonchev–Trinajstić information content (AvgIpc) is 4.16. The first-order valence-corrected chi connectivity index (χ1v) is 24.6. The number of carbonyl (C=O) groups is 6. The molecule has 0 radical (unpaired) electrons. The highest BCUT2D eigenvalue weighted by Crippen LogP contribution is 2.48. The second-order valence-electron chi connectivity index (χ2n) is 19.5. The summed E-state index contributed by atoms with van der Waals surface area (Å²) in [7, 11) is 1.67. The van der Waals surface area contributed by atoms with E-state index in [9.17, 15) is 33.2 Å². The molecule has 1 unspecified atom stereocenters. The number of pyridine rings is 2. The van der Waals surface area contributed by atoms with Crippen molar-refractivity contribution in [1.29, 1.82) is 0 Å². The Morgan fingerprint density at radius 1 is 0.806 bits per heavy atom. The van der Waals surface area contributed by atoms with Gasteiger partial charge in [0, 0.05) is 93.5 Å². The van der Waals surface area contributed by atoms with Crippen LogP contribution < -0.4 is 35.6 Å². The molecule has 4 N–H and O–H groups in total. The standard InChI is InChI=1S/C53H57FN10O8/c1-31-29-63(32(2)28-62(31)25-22-57-47-46-38(14-20-56-47)49(67)64(50(46)68)41-12-13-45(65)60-48(41)66)30-33-16-23-61(24-17-33)42-27-40-39(26-44(42)71-3)43(15-21-55-40)72-37-10-8-36(9-11-37)59-52(70)53(18-19-53)51(69)58-35-6-4-34(54)5-7-35/h4-11,14-15,20-21,26-27,31-33,41H,12-13,16-19,22-25,28-30H2,1-3H3,(H,56,57)(H,58,69)(H,59,70)(H,60,65,66)/t31-,32-,41?/m0/s1. The molecule has 0 bridgehead atoms. The summed E-state index contributed by atoms with van der Waals surface area (Å²) in [6, 6.07) is 19.3. The Kier molecular flexibility index (Phi) is 13.3. The zero-order chi connectivity index (χ0) is 50.3. The van der Waals surface area contributed by atoms with Crippen LogP contribution in [0, 0.1) is 17.2 Å². The number of halogens is 1. The van der Waals surface area contributed by atoms with Gasteiger partial charge in [-0.1, -0.05) is 0 Å². The van der Waals surface area contributed by atoms with Crippen LogP contribution in [-0.4, -0.2) is 131 Å². The molecule has 10 rings (SSSR count). The summed E-state index contributed by atoms with van der Waals surface area (Å²) in [6.07, 6.45) is 6.25. The zero-order valence-electron chi connectivity index (χ0n) is 40.4. The third-order valence-corrected chi connectivity index (χ3v) is 14.8. The molecule has 5 aromatic rings. The van der Waals surface area contributed by atoms with Crippen LogP contribution in [0.1, 0.15) is 73.1 Å². The van der Waals surface area contributed by atoms with Gasteiger partial charge in [-0.25, -0.2) is 9.37 Å². The molecule has 4 fully saturated rings. The minimum Gasteiger partial charge on any atom is -0.495 e. The third kappa shape index (κ3) is 9.65. The van der Waals surface area contributed by atoms with Crippen molar-refractivity contribution in [3.8, 4) is 17.2 Å². The highest BCUT2D eigenvalue weighted by Gasteiger charge is 2.56. The van der Waals surface area contributed by atoms with Crippen molar-refractivity contribution in [2.45, 2.75) is 70.5 Å². The van der Waals surface area contributed by atoms with E-state index in [0.29, 0.717) is 66.6 Å². The number of hydrogen-bond acceptors (Lipinski definition) is 14. The number of hydrogen-bond donors (Lipinski definition) is 4. The molecule has 374 valence electrons. The van der Waals surface area contributed by atoms with Gasteiger partial charge < -0.3 is 30.3 Å².